The first kappa shape index (κ1) is 21.4. The van der Waals surface area contributed by atoms with Crippen LogP contribution in [-0.2, 0) is 6.18 Å². The smallest absolute Gasteiger partial charge is 0.391 e. The fraction of sp³-hybridized carbons (Fsp3) is 0.348. The highest BCUT2D eigenvalue weighted by Gasteiger charge is 2.52. The number of amides is 2. The van der Waals surface area contributed by atoms with E-state index in [0.29, 0.717) is 12.8 Å². The van der Waals surface area contributed by atoms with E-state index in [9.17, 15) is 27.9 Å². The zero-order chi connectivity index (χ0) is 23.5. The lowest BCUT2D eigenvalue weighted by atomic mass is 9.99. The maximum atomic E-state index is 13.8. The first-order chi connectivity index (χ1) is 15.6. The third kappa shape index (κ3) is 3.74. The summed E-state index contributed by atoms with van der Waals surface area (Å²) in [6.07, 6.45) is -0.631. The van der Waals surface area contributed by atoms with Crippen LogP contribution in [0.2, 0.25) is 0 Å². The first-order valence-corrected chi connectivity index (χ1v) is 10.6. The van der Waals surface area contributed by atoms with Crippen molar-refractivity contribution >= 4 is 17.3 Å². The molecule has 2 atom stereocenters. The summed E-state index contributed by atoms with van der Waals surface area (Å²) in [6, 6.07) is 7.32. The Bertz CT molecular complexity index is 1280. The van der Waals surface area contributed by atoms with Gasteiger partial charge in [-0.3, -0.25) is 14.0 Å². The number of nitrogens with two attached hydrogens (primary N) is 1. The van der Waals surface area contributed by atoms with Crippen LogP contribution in [0, 0.1) is 5.41 Å². The molecule has 3 aromatic rings. The number of nitrogens with one attached hydrogen (secondary N) is 1. The molecule has 2 heterocycles. The maximum absolute atomic E-state index is 13.8. The summed E-state index contributed by atoms with van der Waals surface area (Å²) in [5, 5.41) is 13.1. The van der Waals surface area contributed by atoms with Gasteiger partial charge in [0, 0.05) is 17.3 Å². The van der Waals surface area contributed by atoms with Gasteiger partial charge in [0.05, 0.1) is 28.9 Å². The van der Waals surface area contributed by atoms with E-state index in [1.807, 2.05) is 0 Å². The van der Waals surface area contributed by atoms with Gasteiger partial charge in [0.1, 0.15) is 0 Å². The number of primary amides is 1. The fourth-order valence-corrected chi connectivity index (χ4v) is 4.79. The van der Waals surface area contributed by atoms with E-state index in [4.69, 9.17) is 5.73 Å². The van der Waals surface area contributed by atoms with Crippen molar-refractivity contribution in [2.45, 2.75) is 44.0 Å². The number of aromatic nitrogens is 2. The molecule has 0 bridgehead atoms. The normalized spacial score (nSPS) is 21.5. The zero-order valence-corrected chi connectivity index (χ0v) is 17.4. The van der Waals surface area contributed by atoms with Crippen LogP contribution in [0.5, 0.6) is 0 Å². The molecule has 2 fully saturated rings. The molecule has 2 aromatic heterocycles. The lowest BCUT2D eigenvalue weighted by molar-refractivity contribution is -0.137. The van der Waals surface area contributed by atoms with Crippen LogP contribution >= 0.6 is 0 Å². The van der Waals surface area contributed by atoms with Gasteiger partial charge < -0.3 is 16.2 Å². The average Bonchev–Trinajstić information content (AvgIpc) is 3.27. The molecule has 1 aromatic carbocycles. The molecule has 2 aliphatic rings. The summed E-state index contributed by atoms with van der Waals surface area (Å²) in [4.78, 5) is 28.8. The number of fused-ring (bicyclic) bond motifs is 1. The number of pyridine rings is 1. The molecule has 2 amide bonds. The Kier molecular flexibility index (Phi) is 4.75. The van der Waals surface area contributed by atoms with Gasteiger partial charge in [0.15, 0.2) is 0 Å². The minimum atomic E-state index is -4.72. The Balaban J connectivity index is 1.57. The molecule has 4 N–H and O–H groups in total. The summed E-state index contributed by atoms with van der Waals surface area (Å²) in [5.74, 6) is -1.69. The van der Waals surface area contributed by atoms with Crippen molar-refractivity contribution in [2.24, 2.45) is 11.1 Å². The van der Waals surface area contributed by atoms with Crippen LogP contribution in [-0.4, -0.2) is 38.5 Å². The molecule has 2 saturated carbocycles. The van der Waals surface area contributed by atoms with Crippen molar-refractivity contribution < 1.29 is 27.9 Å². The number of nitrogens with zero attached hydrogens (tertiary/aromatic N) is 2. The van der Waals surface area contributed by atoms with Gasteiger partial charge in [0.2, 0.25) is 5.82 Å². The number of halogens is 3. The zero-order valence-electron chi connectivity index (χ0n) is 17.4. The number of alkyl halides is 3. The molecule has 0 unspecified atom stereocenters. The lowest BCUT2D eigenvalue weighted by Crippen LogP contribution is -2.40. The summed E-state index contributed by atoms with van der Waals surface area (Å²) in [5.41, 5.74) is 4.27. The second kappa shape index (κ2) is 7.31. The monoisotopic (exact) mass is 458 g/mol. The molecule has 0 saturated heterocycles. The topological polar surface area (TPSA) is 110 Å². The molecular weight excluding hydrogens is 437 g/mol. The summed E-state index contributed by atoms with van der Waals surface area (Å²) < 4.78 is 42.8. The summed E-state index contributed by atoms with van der Waals surface area (Å²) >= 11 is 0. The molecule has 1 spiro atoms. The van der Waals surface area contributed by atoms with Gasteiger partial charge >= 0.3 is 6.18 Å². The number of rotatable bonds is 4. The fourth-order valence-electron chi connectivity index (χ4n) is 4.79. The highest BCUT2D eigenvalue weighted by molar-refractivity contribution is 5.98. The lowest BCUT2D eigenvalue weighted by Gasteiger charge is -2.18. The van der Waals surface area contributed by atoms with Gasteiger partial charge in [-0.15, -0.1) is 0 Å². The van der Waals surface area contributed by atoms with Gasteiger partial charge in [0.25, 0.3) is 11.8 Å². The van der Waals surface area contributed by atoms with Crippen LogP contribution in [0.1, 0.15) is 52.2 Å². The van der Waals surface area contributed by atoms with Gasteiger partial charge in [-0.05, 0) is 61.4 Å². The van der Waals surface area contributed by atoms with Crippen LogP contribution in [0.15, 0.2) is 42.6 Å². The molecule has 172 valence electrons. The van der Waals surface area contributed by atoms with E-state index >= 15 is 0 Å². The molecule has 0 radical (unpaired) electrons. The third-order valence-corrected chi connectivity index (χ3v) is 6.64. The Hall–Kier alpha value is -3.40. The predicted octanol–water partition coefficient (Wildman–Crippen LogP) is 3.15. The van der Waals surface area contributed by atoms with E-state index in [0.717, 1.165) is 31.0 Å². The molecule has 0 aliphatic heterocycles. The maximum Gasteiger partial charge on any atom is 0.417 e. The second-order valence-electron chi connectivity index (χ2n) is 8.92. The van der Waals surface area contributed by atoms with E-state index in [-0.39, 0.29) is 33.6 Å². The number of aliphatic hydroxyl groups excluding tert-OH is 1. The number of imidazole rings is 1. The van der Waals surface area contributed by atoms with E-state index in [1.54, 1.807) is 12.1 Å². The molecule has 5 rings (SSSR count). The first-order valence-electron chi connectivity index (χ1n) is 10.6. The highest BCUT2D eigenvalue weighted by atomic mass is 19.4. The molecule has 10 heteroatoms. The highest BCUT2D eigenvalue weighted by Crippen LogP contribution is 2.57. The summed E-state index contributed by atoms with van der Waals surface area (Å²) in [7, 11) is 0. The molecular formula is C23H21F3N4O3. The largest absolute Gasteiger partial charge is 0.417 e. The van der Waals surface area contributed by atoms with Gasteiger partial charge in [-0.25, -0.2) is 4.98 Å². The minimum absolute atomic E-state index is 0.000321. The van der Waals surface area contributed by atoms with Crippen LogP contribution in [0.4, 0.5) is 13.2 Å². The number of aliphatic hydroxyl groups is 1. The third-order valence-electron chi connectivity index (χ3n) is 6.64. The number of hydrogen-bond donors (Lipinski definition) is 3. The number of hydrogen-bond acceptors (Lipinski definition) is 4. The molecule has 7 nitrogen and oxygen atoms in total. The van der Waals surface area contributed by atoms with Crippen molar-refractivity contribution in [1.29, 1.82) is 0 Å². The Morgan fingerprint density at radius 3 is 2.58 bits per heavy atom. The van der Waals surface area contributed by atoms with Crippen LogP contribution in [0.3, 0.4) is 0 Å². The predicted molar refractivity (Wildman–Crippen MR) is 112 cm³/mol. The number of benzene rings is 1. The van der Waals surface area contributed by atoms with E-state index < -0.39 is 35.7 Å². The minimum Gasteiger partial charge on any atom is -0.391 e. The van der Waals surface area contributed by atoms with Crippen molar-refractivity contribution in [3.8, 4) is 11.3 Å². The van der Waals surface area contributed by atoms with Crippen molar-refractivity contribution in [3.63, 3.8) is 0 Å². The van der Waals surface area contributed by atoms with Crippen LogP contribution in [0.25, 0.3) is 16.8 Å². The molecule has 2 aliphatic carbocycles. The van der Waals surface area contributed by atoms with E-state index in [2.05, 4.69) is 10.3 Å². The second-order valence-corrected chi connectivity index (χ2v) is 8.92. The van der Waals surface area contributed by atoms with Crippen LogP contribution < -0.4 is 11.1 Å². The van der Waals surface area contributed by atoms with Crippen molar-refractivity contribution in [3.05, 3.63) is 59.5 Å². The number of carbonyl (C=O) groups excluding carboxylic acids is 2. The standard InChI is InChI=1S/C23H21F3N4O3/c24-23(25,26)14-5-4-12(21(33)28-15-10-22(6-7-22)11-17(15)31)9-13(14)18-16-3-1-2-8-30(16)20(29-18)19(27)32/h1-5,8-9,15,17,31H,6-7,10-11H2,(H2,27,32)(H,28,33)/t15-,17-/m0/s1. The average molecular weight is 458 g/mol. The Labute approximate surface area is 186 Å². The van der Waals surface area contributed by atoms with Gasteiger partial charge in [-0.1, -0.05) is 6.07 Å². The van der Waals surface area contributed by atoms with Crippen molar-refractivity contribution in [2.75, 3.05) is 0 Å². The SMILES string of the molecule is NC(=O)c1nc(-c2cc(C(=O)N[C@H]3CC4(CC4)C[C@@H]3O)ccc2C(F)(F)F)c2ccccn12. The number of carbonyl (C=O) groups is 2. The summed E-state index contributed by atoms with van der Waals surface area (Å²) in [6.45, 7) is 0. The Morgan fingerprint density at radius 2 is 1.94 bits per heavy atom. The van der Waals surface area contributed by atoms with Crippen molar-refractivity contribution in [1.82, 2.24) is 14.7 Å². The van der Waals surface area contributed by atoms with E-state index in [1.165, 1.54) is 16.7 Å². The molecule has 33 heavy (non-hydrogen) atoms. The quantitative estimate of drug-likeness (QED) is 0.558. The van der Waals surface area contributed by atoms with Gasteiger partial charge in [-0.2, -0.15) is 13.2 Å². The Morgan fingerprint density at radius 1 is 1.18 bits per heavy atom.